The minimum absolute atomic E-state index is 0.0595. The number of nitrogens with zero attached hydrogens (tertiary/aromatic N) is 5. The smallest absolute Gasteiger partial charge is 0.278 e. The normalized spacial score (nSPS) is 21.7. The molecule has 12 heteroatoms. The van der Waals surface area contributed by atoms with Crippen molar-refractivity contribution in [2.45, 2.75) is 70.2 Å². The summed E-state index contributed by atoms with van der Waals surface area (Å²) in [4.78, 5) is 16.4. The van der Waals surface area contributed by atoms with E-state index in [1.807, 2.05) is 6.92 Å². The molecule has 1 saturated heterocycles. The van der Waals surface area contributed by atoms with Gasteiger partial charge in [0, 0.05) is 12.0 Å². The van der Waals surface area contributed by atoms with Crippen LogP contribution in [0.4, 0.5) is 5.69 Å². The van der Waals surface area contributed by atoms with Gasteiger partial charge in [0.05, 0.1) is 41.9 Å². The second-order valence-electron chi connectivity index (χ2n) is 8.56. The first kappa shape index (κ1) is 28.8. The first-order valence-electron chi connectivity index (χ1n) is 12.1. The number of nitro benzene ring substituents is 1. The molecule has 12 nitrogen and oxygen atoms in total. The molecule has 1 aliphatic rings. The Bertz CT molecular complexity index is 837. The van der Waals surface area contributed by atoms with Crippen molar-refractivity contribution in [1.29, 1.82) is 0 Å². The Morgan fingerprint density at radius 1 is 1.29 bits per heavy atom. The summed E-state index contributed by atoms with van der Waals surface area (Å²) in [6.07, 6.45) is 2.79. The predicted octanol–water partition coefficient (Wildman–Crippen LogP) is 3.77. The van der Waals surface area contributed by atoms with E-state index < -0.39 is 23.4 Å². The van der Waals surface area contributed by atoms with Gasteiger partial charge in [-0.25, -0.2) is 0 Å². The number of benzene rings is 1. The van der Waals surface area contributed by atoms with Gasteiger partial charge in [-0.2, -0.15) is 0 Å². The molecular weight excluding hydrogens is 456 g/mol. The van der Waals surface area contributed by atoms with Gasteiger partial charge < -0.3 is 29.6 Å². The molecule has 0 radical (unpaired) electrons. The van der Waals surface area contributed by atoms with E-state index in [0.29, 0.717) is 30.9 Å². The van der Waals surface area contributed by atoms with Gasteiger partial charge in [0.1, 0.15) is 11.9 Å². The molecular formula is C23H38N6O6. The van der Waals surface area contributed by atoms with Crippen molar-refractivity contribution in [2.75, 3.05) is 40.4 Å². The Morgan fingerprint density at radius 2 is 2.06 bits per heavy atom. The molecule has 1 aromatic carbocycles. The molecule has 35 heavy (non-hydrogen) atoms. The molecule has 1 heterocycles. The van der Waals surface area contributed by atoms with E-state index in [2.05, 4.69) is 22.0 Å². The Kier molecular flexibility index (Phi) is 12.7. The average molecular weight is 495 g/mol. The zero-order valence-corrected chi connectivity index (χ0v) is 20.9. The largest absolute Gasteiger partial charge is 0.493 e. The van der Waals surface area contributed by atoms with Crippen LogP contribution in [0.25, 0.3) is 10.4 Å². The van der Waals surface area contributed by atoms with E-state index in [4.69, 9.17) is 30.2 Å². The van der Waals surface area contributed by atoms with E-state index in [9.17, 15) is 10.1 Å². The van der Waals surface area contributed by atoms with E-state index in [0.717, 1.165) is 38.8 Å². The zero-order chi connectivity index (χ0) is 25.6. The van der Waals surface area contributed by atoms with Crippen molar-refractivity contribution in [1.82, 2.24) is 4.90 Å². The minimum atomic E-state index is -0.724. The number of methoxy groups -OCH3 is 1. The van der Waals surface area contributed by atoms with Crippen molar-refractivity contribution in [3.63, 3.8) is 0 Å². The fourth-order valence-corrected chi connectivity index (χ4v) is 4.04. The molecule has 0 aromatic heterocycles. The third-order valence-electron chi connectivity index (χ3n) is 6.00. The van der Waals surface area contributed by atoms with Crippen LogP contribution in [0, 0.1) is 10.1 Å². The molecule has 196 valence electrons. The summed E-state index contributed by atoms with van der Waals surface area (Å²) in [5.74, 6) is 0.442. The van der Waals surface area contributed by atoms with Crippen LogP contribution < -0.4 is 10.5 Å². The maximum absolute atomic E-state index is 11.7. The van der Waals surface area contributed by atoms with Crippen LogP contribution in [0.15, 0.2) is 23.3 Å². The fraction of sp³-hybridized carbons (Fsp3) is 0.739. The average Bonchev–Trinajstić information content (AvgIpc) is 3.20. The maximum atomic E-state index is 11.7. The molecule has 1 aromatic rings. The second kappa shape index (κ2) is 15.5. The second-order valence-corrected chi connectivity index (χ2v) is 8.56. The molecule has 2 N–H and O–H groups in total. The van der Waals surface area contributed by atoms with Crippen LogP contribution in [0.3, 0.4) is 0 Å². The third kappa shape index (κ3) is 8.92. The number of unbranched alkanes of at least 4 members (excludes halogenated alkanes) is 2. The number of hydrogen-bond acceptors (Lipinski definition) is 9. The van der Waals surface area contributed by atoms with Gasteiger partial charge in [-0.15, -0.1) is 0 Å². The molecule has 1 fully saturated rings. The van der Waals surface area contributed by atoms with Crippen molar-refractivity contribution in [2.24, 2.45) is 10.8 Å². The van der Waals surface area contributed by atoms with Gasteiger partial charge in [0.15, 0.2) is 6.29 Å². The minimum Gasteiger partial charge on any atom is -0.493 e. The summed E-state index contributed by atoms with van der Waals surface area (Å²) < 4.78 is 22.7. The molecule has 0 bridgehead atoms. The molecule has 1 aliphatic heterocycles. The first-order chi connectivity index (χ1) is 16.9. The Labute approximate surface area is 206 Å². The molecule has 4 atom stereocenters. The lowest BCUT2D eigenvalue weighted by atomic mass is 10.1. The lowest BCUT2D eigenvalue weighted by Crippen LogP contribution is -2.34. The van der Waals surface area contributed by atoms with Crippen LogP contribution >= 0.6 is 0 Å². The number of hydrogen-bond donors (Lipinski definition) is 1. The summed E-state index contributed by atoms with van der Waals surface area (Å²) in [7, 11) is 3.56. The summed E-state index contributed by atoms with van der Waals surface area (Å²) in [6, 6.07) is 4.15. The summed E-state index contributed by atoms with van der Waals surface area (Å²) in [5.41, 5.74) is 14.7. The molecule has 0 amide bonds. The number of rotatable bonds is 17. The highest BCUT2D eigenvalue weighted by molar-refractivity contribution is 5.45. The van der Waals surface area contributed by atoms with Crippen molar-refractivity contribution in [3.8, 4) is 5.75 Å². The number of azide groups is 1. The number of nitro groups is 1. The lowest BCUT2D eigenvalue weighted by Gasteiger charge is -2.20. The number of ether oxygens (including phenoxy) is 4. The highest BCUT2D eigenvalue weighted by Crippen LogP contribution is 2.32. The third-order valence-corrected chi connectivity index (χ3v) is 6.00. The molecule has 0 unspecified atom stereocenters. The summed E-state index contributed by atoms with van der Waals surface area (Å²) >= 11 is 0. The van der Waals surface area contributed by atoms with Gasteiger partial charge in [0.25, 0.3) is 5.69 Å². The van der Waals surface area contributed by atoms with E-state index >= 15 is 0 Å². The molecule has 0 saturated carbocycles. The quantitative estimate of drug-likeness (QED) is 0.0855. The Balaban J connectivity index is 1.90. The highest BCUT2D eigenvalue weighted by atomic mass is 16.7. The van der Waals surface area contributed by atoms with Gasteiger partial charge in [-0.05, 0) is 76.4 Å². The standard InChI is InChI=1S/C23H38N6O6/c1-4-20-21(26-27-25)22(23(32-3)35-20)34-16-17-9-10-18(15-19(17)29(30)31)33-14-7-5-6-12-28(2)13-8-11-24/h9-10,15,20-23H,4-8,11-14,16,24H2,1-3H3/t20-,21-,22-,23-/m1/s1. The van der Waals surface area contributed by atoms with Crippen LogP contribution in [-0.4, -0.2) is 74.8 Å². The summed E-state index contributed by atoms with van der Waals surface area (Å²) in [5, 5.41) is 15.5. The van der Waals surface area contributed by atoms with Crippen LogP contribution in [0.1, 0.15) is 44.6 Å². The monoisotopic (exact) mass is 494 g/mol. The zero-order valence-electron chi connectivity index (χ0n) is 20.9. The fourth-order valence-electron chi connectivity index (χ4n) is 4.04. The SMILES string of the molecule is CC[C@H]1O[C@@H](OC)[C@H](OCc2ccc(OCCCCCN(C)CCCN)cc2[N+](=O)[O-])[C@@H]1N=[N+]=[N-]. The van der Waals surface area contributed by atoms with E-state index in [-0.39, 0.29) is 18.4 Å². The topological polar surface area (TPSA) is 158 Å². The Morgan fingerprint density at radius 3 is 2.71 bits per heavy atom. The maximum Gasteiger partial charge on any atom is 0.278 e. The van der Waals surface area contributed by atoms with E-state index in [1.54, 1.807) is 12.1 Å². The van der Waals surface area contributed by atoms with Gasteiger partial charge >= 0.3 is 0 Å². The van der Waals surface area contributed by atoms with Crippen molar-refractivity contribution < 1.29 is 23.9 Å². The van der Waals surface area contributed by atoms with Gasteiger partial charge in [-0.3, -0.25) is 10.1 Å². The first-order valence-corrected chi connectivity index (χ1v) is 12.1. The highest BCUT2D eigenvalue weighted by Gasteiger charge is 2.44. The molecule has 2 rings (SSSR count). The van der Waals surface area contributed by atoms with Gasteiger partial charge in [0.2, 0.25) is 0 Å². The van der Waals surface area contributed by atoms with Gasteiger partial charge in [-0.1, -0.05) is 12.0 Å². The summed E-state index contributed by atoms with van der Waals surface area (Å²) in [6.45, 7) is 5.04. The van der Waals surface area contributed by atoms with Crippen molar-refractivity contribution in [3.05, 3.63) is 44.3 Å². The van der Waals surface area contributed by atoms with E-state index in [1.165, 1.54) is 13.2 Å². The van der Waals surface area contributed by atoms with Crippen LogP contribution in [-0.2, 0) is 20.8 Å². The lowest BCUT2D eigenvalue weighted by molar-refractivity contribution is -0.386. The molecule has 0 aliphatic carbocycles. The Hall–Kier alpha value is -2.47. The predicted molar refractivity (Wildman–Crippen MR) is 131 cm³/mol. The van der Waals surface area contributed by atoms with Crippen molar-refractivity contribution >= 4 is 5.69 Å². The van der Waals surface area contributed by atoms with Crippen LogP contribution in [0.2, 0.25) is 0 Å². The van der Waals surface area contributed by atoms with Crippen LogP contribution in [0.5, 0.6) is 5.75 Å². The number of nitrogens with two attached hydrogens (primary N) is 1. The molecule has 0 spiro atoms.